The lowest BCUT2D eigenvalue weighted by Gasteiger charge is -1.99. The molecule has 2 heterocycles. The van der Waals surface area contributed by atoms with Crippen LogP contribution < -0.4 is 0 Å². The topological polar surface area (TPSA) is 62.8 Å². The molecule has 0 aliphatic rings. The molecular weight excluding hydrogens is 300 g/mol. The van der Waals surface area contributed by atoms with Gasteiger partial charge in [0.15, 0.2) is 5.69 Å². The van der Waals surface area contributed by atoms with Crippen molar-refractivity contribution in [1.82, 2.24) is 9.55 Å². The third-order valence-electron chi connectivity index (χ3n) is 4.17. The summed E-state index contributed by atoms with van der Waals surface area (Å²) in [5.74, 6) is 0.104. The summed E-state index contributed by atoms with van der Waals surface area (Å²) in [5, 5.41) is 21.0. The van der Waals surface area contributed by atoms with Crippen LogP contribution >= 0.6 is 0 Å². The summed E-state index contributed by atoms with van der Waals surface area (Å²) >= 11 is 0. The summed E-state index contributed by atoms with van der Waals surface area (Å²) in [6.07, 6.45) is 1.74. The molecule has 0 bridgehead atoms. The first-order valence-electron chi connectivity index (χ1n) is 7.68. The molecule has 0 fully saturated rings. The third-order valence-corrected chi connectivity index (χ3v) is 4.17. The minimum Gasteiger partial charge on any atom is -0.493 e. The molecule has 2 aromatic carbocycles. The molecule has 0 saturated carbocycles. The molecule has 4 aromatic rings. The fourth-order valence-corrected chi connectivity index (χ4v) is 2.90. The Bertz CT molecular complexity index is 1090. The number of hydrogen-bond donors (Lipinski definition) is 1. The van der Waals surface area contributed by atoms with Crippen molar-refractivity contribution in [3.63, 3.8) is 0 Å². The predicted molar refractivity (Wildman–Crippen MR) is 95.2 cm³/mol. The van der Waals surface area contributed by atoms with Crippen LogP contribution in [0.2, 0.25) is 0 Å². The Kier molecular flexibility index (Phi) is 3.27. The molecule has 0 amide bonds. The van der Waals surface area contributed by atoms with Crippen LogP contribution in [-0.4, -0.2) is 14.7 Å². The minimum atomic E-state index is 0.104. The van der Waals surface area contributed by atoms with E-state index in [9.17, 15) is 5.11 Å². The molecule has 0 aliphatic heterocycles. The Hall–Kier alpha value is -3.21. The van der Waals surface area contributed by atoms with Crippen molar-refractivity contribution in [2.24, 2.45) is 17.3 Å². The maximum Gasteiger partial charge on any atom is 0.220 e. The van der Waals surface area contributed by atoms with Gasteiger partial charge in [-0.2, -0.15) is 0 Å². The predicted octanol–water partition coefficient (Wildman–Crippen LogP) is 5.16. The Morgan fingerprint density at radius 2 is 1.88 bits per heavy atom. The normalized spacial score (nSPS) is 11.8. The fraction of sp³-hybridized carbons (Fsp3) is 0.105. The molecule has 5 nitrogen and oxygen atoms in total. The Balaban J connectivity index is 1.88. The summed E-state index contributed by atoms with van der Waals surface area (Å²) in [7, 11) is 1.81. The first kappa shape index (κ1) is 14.4. The third kappa shape index (κ3) is 2.22. The summed E-state index contributed by atoms with van der Waals surface area (Å²) in [6, 6.07) is 15.6. The first-order chi connectivity index (χ1) is 11.6. The molecule has 4 rings (SSSR count). The molecule has 0 atom stereocenters. The Morgan fingerprint density at radius 1 is 1.04 bits per heavy atom. The molecule has 0 aliphatic carbocycles. The summed E-state index contributed by atoms with van der Waals surface area (Å²) < 4.78 is 1.71. The second-order valence-corrected chi connectivity index (χ2v) is 5.80. The monoisotopic (exact) mass is 316 g/mol. The van der Waals surface area contributed by atoms with Gasteiger partial charge >= 0.3 is 0 Å². The summed E-state index contributed by atoms with van der Waals surface area (Å²) in [5.41, 5.74) is 3.97. The molecule has 24 heavy (non-hydrogen) atoms. The van der Waals surface area contributed by atoms with Gasteiger partial charge in [0.25, 0.3) is 0 Å². The van der Waals surface area contributed by atoms with Crippen LogP contribution in [0.25, 0.3) is 21.8 Å². The smallest absolute Gasteiger partial charge is 0.220 e. The van der Waals surface area contributed by atoms with Crippen LogP contribution in [0.4, 0.5) is 11.4 Å². The van der Waals surface area contributed by atoms with Crippen LogP contribution in [0, 0.1) is 6.92 Å². The maximum atomic E-state index is 10.4. The van der Waals surface area contributed by atoms with E-state index in [2.05, 4.69) is 15.2 Å². The van der Waals surface area contributed by atoms with Crippen LogP contribution in [0.3, 0.4) is 0 Å². The number of benzene rings is 2. The molecule has 0 saturated heterocycles. The second-order valence-electron chi connectivity index (χ2n) is 5.80. The van der Waals surface area contributed by atoms with Gasteiger partial charge in [0.05, 0.1) is 11.0 Å². The molecule has 2 aromatic heterocycles. The van der Waals surface area contributed by atoms with Gasteiger partial charge in [-0.1, -0.05) is 29.8 Å². The highest BCUT2D eigenvalue weighted by Crippen LogP contribution is 2.39. The van der Waals surface area contributed by atoms with Crippen molar-refractivity contribution in [1.29, 1.82) is 0 Å². The van der Waals surface area contributed by atoms with Crippen molar-refractivity contribution in [2.45, 2.75) is 6.92 Å². The largest absolute Gasteiger partial charge is 0.493 e. The van der Waals surface area contributed by atoms with Gasteiger partial charge in [-0.15, -0.1) is 10.2 Å². The molecule has 0 spiro atoms. The fourth-order valence-electron chi connectivity index (χ4n) is 2.90. The molecule has 1 N–H and O–H groups in total. The number of aryl methyl sites for hydroxylation is 2. The van der Waals surface area contributed by atoms with E-state index < -0.39 is 0 Å². The molecule has 0 unspecified atom stereocenters. The summed E-state index contributed by atoms with van der Waals surface area (Å²) in [4.78, 5) is 4.38. The van der Waals surface area contributed by atoms with Gasteiger partial charge in [0, 0.05) is 24.0 Å². The number of para-hydroxylation sites is 1. The molecule has 118 valence electrons. The highest BCUT2D eigenvalue weighted by Gasteiger charge is 2.14. The van der Waals surface area contributed by atoms with Crippen LogP contribution in [0.5, 0.6) is 5.88 Å². The van der Waals surface area contributed by atoms with Gasteiger partial charge in [-0.05, 0) is 31.2 Å². The lowest BCUT2D eigenvalue weighted by atomic mass is 10.1. The van der Waals surface area contributed by atoms with E-state index in [4.69, 9.17) is 0 Å². The second kappa shape index (κ2) is 5.45. The van der Waals surface area contributed by atoms with E-state index in [0.717, 1.165) is 27.4 Å². The molecule has 0 radical (unpaired) electrons. The number of fused-ring (bicyclic) bond motifs is 2. The van der Waals surface area contributed by atoms with Crippen LogP contribution in [0.1, 0.15) is 5.56 Å². The number of pyridine rings is 1. The first-order valence-corrected chi connectivity index (χ1v) is 7.68. The average Bonchev–Trinajstić information content (AvgIpc) is 2.83. The molecular formula is C19H16N4O. The van der Waals surface area contributed by atoms with Gasteiger partial charge in [0.2, 0.25) is 5.88 Å². The van der Waals surface area contributed by atoms with Crippen molar-refractivity contribution in [2.75, 3.05) is 0 Å². The van der Waals surface area contributed by atoms with Crippen LogP contribution in [-0.2, 0) is 7.05 Å². The zero-order chi connectivity index (χ0) is 16.7. The molecule has 5 heteroatoms. The van der Waals surface area contributed by atoms with Gasteiger partial charge < -0.3 is 9.67 Å². The number of hydrogen-bond acceptors (Lipinski definition) is 4. The van der Waals surface area contributed by atoms with E-state index in [1.165, 1.54) is 0 Å². The van der Waals surface area contributed by atoms with Crippen molar-refractivity contribution < 1.29 is 5.11 Å². The van der Waals surface area contributed by atoms with E-state index in [0.29, 0.717) is 11.4 Å². The van der Waals surface area contributed by atoms with Gasteiger partial charge in [0.1, 0.15) is 5.69 Å². The van der Waals surface area contributed by atoms with Gasteiger partial charge in [-0.25, -0.2) is 0 Å². The zero-order valence-corrected chi connectivity index (χ0v) is 13.4. The van der Waals surface area contributed by atoms with Crippen molar-refractivity contribution in [3.8, 4) is 5.88 Å². The van der Waals surface area contributed by atoms with Crippen molar-refractivity contribution >= 4 is 33.2 Å². The van der Waals surface area contributed by atoms with Crippen molar-refractivity contribution in [3.05, 3.63) is 60.3 Å². The summed E-state index contributed by atoms with van der Waals surface area (Å²) in [6.45, 7) is 2.01. The van der Waals surface area contributed by atoms with Gasteiger partial charge in [-0.3, -0.25) is 4.98 Å². The van der Waals surface area contributed by atoms with Crippen LogP contribution in [0.15, 0.2) is 65.0 Å². The Labute approximate surface area is 138 Å². The SMILES string of the molecule is Cc1ccc2c(c1)c(N=Nc1cccc3cccnc13)c(O)n2C. The Morgan fingerprint density at radius 3 is 2.75 bits per heavy atom. The maximum absolute atomic E-state index is 10.4. The highest BCUT2D eigenvalue weighted by atomic mass is 16.3. The van der Waals surface area contributed by atoms with E-state index in [1.807, 2.05) is 62.5 Å². The quantitative estimate of drug-likeness (QED) is 0.519. The van der Waals surface area contributed by atoms with E-state index >= 15 is 0 Å². The van der Waals surface area contributed by atoms with E-state index in [1.54, 1.807) is 10.8 Å². The number of aromatic nitrogens is 2. The standard InChI is InChI=1S/C19H16N4O/c1-12-8-9-16-14(11-12)18(19(24)23(16)2)22-21-15-7-3-5-13-6-4-10-20-17(13)15/h3-11,24H,1-2H3. The number of aromatic hydroxyl groups is 1. The highest BCUT2D eigenvalue weighted by molar-refractivity contribution is 5.95. The number of nitrogens with zero attached hydrogens (tertiary/aromatic N) is 4. The lowest BCUT2D eigenvalue weighted by Crippen LogP contribution is -1.85. The number of azo groups is 1. The zero-order valence-electron chi connectivity index (χ0n) is 13.4. The lowest BCUT2D eigenvalue weighted by molar-refractivity contribution is 0.436. The number of rotatable bonds is 2. The average molecular weight is 316 g/mol. The van der Waals surface area contributed by atoms with E-state index in [-0.39, 0.29) is 5.88 Å². The minimum absolute atomic E-state index is 0.104.